The number of hydrogen-bond donors (Lipinski definition) is 2. The van der Waals surface area contributed by atoms with Gasteiger partial charge >= 0.3 is 0 Å². The number of nitrogens with two attached hydrogens (primary N) is 1. The first-order chi connectivity index (χ1) is 13.8. The van der Waals surface area contributed by atoms with Gasteiger partial charge in [0.15, 0.2) is 6.61 Å². The van der Waals surface area contributed by atoms with E-state index in [1.807, 2.05) is 0 Å². The van der Waals surface area contributed by atoms with Gasteiger partial charge in [-0.15, -0.1) is 0 Å². The first-order valence-corrected chi connectivity index (χ1v) is 11.6. The van der Waals surface area contributed by atoms with Crippen molar-refractivity contribution in [2.24, 2.45) is 11.7 Å². The van der Waals surface area contributed by atoms with E-state index >= 15 is 0 Å². The van der Waals surface area contributed by atoms with Gasteiger partial charge in [0.2, 0.25) is 10.0 Å². The maximum atomic E-state index is 12.7. The number of benzene rings is 1. The summed E-state index contributed by atoms with van der Waals surface area (Å²) in [4.78, 5) is 24.1. The smallest absolute Gasteiger partial charge is 0.258 e. The highest BCUT2D eigenvalue weighted by Gasteiger charge is 2.29. The molecule has 1 aromatic carbocycles. The van der Waals surface area contributed by atoms with Crippen molar-refractivity contribution in [3.63, 3.8) is 0 Å². The zero-order valence-corrected chi connectivity index (χ0v) is 17.5. The van der Waals surface area contributed by atoms with E-state index in [1.54, 1.807) is 0 Å². The lowest BCUT2D eigenvalue weighted by Crippen LogP contribution is -2.43. The molecule has 8 nitrogen and oxygen atoms in total. The van der Waals surface area contributed by atoms with Crippen LogP contribution in [0.2, 0.25) is 0 Å². The molecule has 3 rings (SSSR count). The van der Waals surface area contributed by atoms with Gasteiger partial charge in [0.1, 0.15) is 5.75 Å². The van der Waals surface area contributed by atoms with E-state index in [-0.39, 0.29) is 34.8 Å². The van der Waals surface area contributed by atoms with E-state index in [2.05, 4.69) is 12.2 Å². The normalized spacial score (nSPS) is 22.9. The Labute approximate surface area is 171 Å². The molecule has 2 atom stereocenters. The van der Waals surface area contributed by atoms with Crippen LogP contribution >= 0.6 is 0 Å². The third-order valence-electron chi connectivity index (χ3n) is 5.74. The zero-order chi connectivity index (χ0) is 21.0. The predicted molar refractivity (Wildman–Crippen MR) is 108 cm³/mol. The number of nitrogens with zero attached hydrogens (tertiary/aromatic N) is 1. The van der Waals surface area contributed by atoms with E-state index in [4.69, 9.17) is 10.5 Å². The summed E-state index contributed by atoms with van der Waals surface area (Å²) >= 11 is 0. The molecule has 1 aliphatic heterocycles. The third kappa shape index (κ3) is 5.08. The molecule has 29 heavy (non-hydrogen) atoms. The van der Waals surface area contributed by atoms with Gasteiger partial charge in [-0.1, -0.05) is 19.8 Å². The fourth-order valence-corrected chi connectivity index (χ4v) is 5.53. The van der Waals surface area contributed by atoms with Crippen molar-refractivity contribution in [1.82, 2.24) is 9.62 Å². The van der Waals surface area contributed by atoms with E-state index in [0.717, 1.165) is 32.1 Å². The molecule has 1 saturated carbocycles. The summed E-state index contributed by atoms with van der Waals surface area (Å²) in [6.07, 6.45) is 5.94. The topological polar surface area (TPSA) is 119 Å². The Morgan fingerprint density at radius 2 is 1.86 bits per heavy atom. The predicted octanol–water partition coefficient (Wildman–Crippen LogP) is 1.64. The summed E-state index contributed by atoms with van der Waals surface area (Å²) in [6, 6.07) is 4.13. The van der Waals surface area contributed by atoms with Crippen LogP contribution in [0.5, 0.6) is 5.75 Å². The average molecular weight is 424 g/mol. The number of amides is 2. The van der Waals surface area contributed by atoms with Gasteiger partial charge in [-0.3, -0.25) is 9.59 Å². The number of hydrogen-bond acceptors (Lipinski definition) is 5. The van der Waals surface area contributed by atoms with Gasteiger partial charge in [-0.25, -0.2) is 8.42 Å². The zero-order valence-electron chi connectivity index (χ0n) is 16.7. The quantitative estimate of drug-likeness (QED) is 0.691. The minimum absolute atomic E-state index is 0.000956. The molecule has 2 amide bonds. The number of nitrogens with one attached hydrogen (secondary N) is 1. The SMILES string of the molecule is C[C@@H]1CCCC[C@@H]1NC(=O)COc1ccc(S(=O)(=O)N2CCCC2)cc1C(N)=O. The Morgan fingerprint density at radius 1 is 1.17 bits per heavy atom. The second-order valence-electron chi connectivity index (χ2n) is 7.86. The number of rotatable bonds is 7. The van der Waals surface area contributed by atoms with Crippen molar-refractivity contribution in [3.8, 4) is 5.75 Å². The molecular weight excluding hydrogens is 394 g/mol. The van der Waals surface area contributed by atoms with Gasteiger partial charge in [0, 0.05) is 19.1 Å². The fourth-order valence-electron chi connectivity index (χ4n) is 3.99. The summed E-state index contributed by atoms with van der Waals surface area (Å²) in [6.45, 7) is 2.79. The van der Waals surface area contributed by atoms with Gasteiger partial charge in [-0.2, -0.15) is 4.31 Å². The maximum Gasteiger partial charge on any atom is 0.258 e. The molecule has 0 aromatic heterocycles. The molecule has 1 aliphatic carbocycles. The minimum Gasteiger partial charge on any atom is -0.483 e. The van der Waals surface area contributed by atoms with Crippen molar-refractivity contribution < 1.29 is 22.7 Å². The Kier molecular flexibility index (Phi) is 6.79. The molecule has 2 aliphatic rings. The molecule has 0 unspecified atom stereocenters. The first-order valence-electron chi connectivity index (χ1n) is 10.1. The van der Waals surface area contributed by atoms with Gasteiger partial charge in [0.25, 0.3) is 11.8 Å². The average Bonchev–Trinajstić information content (AvgIpc) is 3.23. The largest absolute Gasteiger partial charge is 0.483 e. The van der Waals surface area contributed by atoms with Crippen LogP contribution in [-0.4, -0.2) is 50.3 Å². The van der Waals surface area contributed by atoms with Crippen LogP contribution in [0.3, 0.4) is 0 Å². The Bertz CT molecular complexity index is 865. The highest BCUT2D eigenvalue weighted by molar-refractivity contribution is 7.89. The van der Waals surface area contributed by atoms with Crippen molar-refractivity contribution in [2.75, 3.05) is 19.7 Å². The summed E-state index contributed by atoms with van der Waals surface area (Å²) in [5.74, 6) is -0.554. The van der Waals surface area contributed by atoms with Gasteiger partial charge in [-0.05, 0) is 49.8 Å². The number of ether oxygens (including phenoxy) is 1. The van der Waals surface area contributed by atoms with Crippen LogP contribution in [0.25, 0.3) is 0 Å². The van der Waals surface area contributed by atoms with E-state index < -0.39 is 15.9 Å². The fraction of sp³-hybridized carbons (Fsp3) is 0.600. The third-order valence-corrected chi connectivity index (χ3v) is 7.63. The minimum atomic E-state index is -3.68. The van der Waals surface area contributed by atoms with Crippen LogP contribution < -0.4 is 15.8 Å². The maximum absolute atomic E-state index is 12.7. The second-order valence-corrected chi connectivity index (χ2v) is 9.80. The number of sulfonamides is 1. The number of carbonyl (C=O) groups excluding carboxylic acids is 2. The standard InChI is InChI=1S/C20H29N3O5S/c1-14-6-2-3-7-17(14)22-19(24)13-28-18-9-8-15(12-16(18)20(21)25)29(26,27)23-10-4-5-11-23/h8-9,12,14,17H,2-7,10-11,13H2,1H3,(H2,21,25)(H,22,24)/t14-,17+/m1/s1. The molecule has 0 spiro atoms. The van der Waals surface area contributed by atoms with Crippen molar-refractivity contribution in [2.45, 2.75) is 56.4 Å². The summed E-state index contributed by atoms with van der Waals surface area (Å²) in [5.41, 5.74) is 5.37. The van der Waals surface area contributed by atoms with Crippen molar-refractivity contribution in [1.29, 1.82) is 0 Å². The molecule has 9 heteroatoms. The van der Waals surface area contributed by atoms with Crippen molar-refractivity contribution >= 4 is 21.8 Å². The molecule has 0 bridgehead atoms. The number of primary amides is 1. The molecule has 0 radical (unpaired) electrons. The molecule has 3 N–H and O–H groups in total. The summed E-state index contributed by atoms with van der Waals surface area (Å²) in [7, 11) is -3.68. The number of carbonyl (C=O) groups is 2. The molecule has 1 heterocycles. The van der Waals surface area contributed by atoms with Crippen molar-refractivity contribution in [3.05, 3.63) is 23.8 Å². The second kappa shape index (κ2) is 9.13. The summed E-state index contributed by atoms with van der Waals surface area (Å²) in [5, 5.41) is 2.98. The highest BCUT2D eigenvalue weighted by atomic mass is 32.2. The van der Waals surface area contributed by atoms with Crippen LogP contribution in [0.1, 0.15) is 55.8 Å². The lowest BCUT2D eigenvalue weighted by atomic mass is 9.86. The van der Waals surface area contributed by atoms with Crippen LogP contribution in [0, 0.1) is 5.92 Å². The van der Waals surface area contributed by atoms with Gasteiger partial charge in [0.05, 0.1) is 10.5 Å². The monoisotopic (exact) mass is 423 g/mol. The van der Waals surface area contributed by atoms with E-state index in [1.165, 1.54) is 28.9 Å². The van der Waals surface area contributed by atoms with Crippen LogP contribution in [-0.2, 0) is 14.8 Å². The highest BCUT2D eigenvalue weighted by Crippen LogP contribution is 2.27. The van der Waals surface area contributed by atoms with E-state index in [0.29, 0.717) is 19.0 Å². The molecular formula is C20H29N3O5S. The molecule has 2 fully saturated rings. The lowest BCUT2D eigenvalue weighted by molar-refractivity contribution is -0.124. The molecule has 1 aromatic rings. The van der Waals surface area contributed by atoms with Crippen LogP contribution in [0.15, 0.2) is 23.1 Å². The van der Waals surface area contributed by atoms with Gasteiger partial charge < -0.3 is 15.8 Å². The summed E-state index contributed by atoms with van der Waals surface area (Å²) < 4.78 is 32.3. The Balaban J connectivity index is 1.69. The lowest BCUT2D eigenvalue weighted by Gasteiger charge is -2.29. The Hall–Kier alpha value is -2.13. The van der Waals surface area contributed by atoms with Crippen LogP contribution in [0.4, 0.5) is 0 Å². The molecule has 160 valence electrons. The first kappa shape index (κ1) is 21.6. The Morgan fingerprint density at radius 3 is 2.52 bits per heavy atom. The van der Waals surface area contributed by atoms with E-state index in [9.17, 15) is 18.0 Å². The molecule has 1 saturated heterocycles.